The number of primary amides is 1. The van der Waals surface area contributed by atoms with Crippen LogP contribution in [0.3, 0.4) is 0 Å². The second-order valence-electron chi connectivity index (χ2n) is 10.1. The average molecular weight is 535 g/mol. The van der Waals surface area contributed by atoms with E-state index in [1.54, 1.807) is 49.4 Å². The number of nitrogens with one attached hydrogen (secondary N) is 1. The number of fused-ring (bicyclic) bond motifs is 3. The Morgan fingerprint density at radius 3 is 2.38 bits per heavy atom. The molecule has 39 heavy (non-hydrogen) atoms. The Balaban J connectivity index is 1.59. The molecule has 5 rings (SSSR count). The number of nitrogens with two attached hydrogens (primary N) is 1. The van der Waals surface area contributed by atoms with E-state index in [2.05, 4.69) is 5.32 Å². The molecule has 3 aliphatic carbocycles. The summed E-state index contributed by atoms with van der Waals surface area (Å²) in [6, 6.07) is 11.5. The first-order chi connectivity index (χ1) is 18.4. The predicted octanol–water partition coefficient (Wildman–Crippen LogP) is 0.886. The first-order valence-corrected chi connectivity index (χ1v) is 12.2. The first kappa shape index (κ1) is 26.1. The molecule has 202 valence electrons. The molecule has 11 heteroatoms. The third kappa shape index (κ3) is 3.65. The molecule has 0 heterocycles. The van der Waals surface area contributed by atoms with Gasteiger partial charge in [0.1, 0.15) is 22.8 Å². The molecule has 8 N–H and O–H groups in total. The van der Waals surface area contributed by atoms with Crippen LogP contribution in [0.15, 0.2) is 59.4 Å². The summed E-state index contributed by atoms with van der Waals surface area (Å²) in [5.41, 5.74) is 1.75. The van der Waals surface area contributed by atoms with Crippen molar-refractivity contribution in [2.75, 3.05) is 0 Å². The molecule has 0 unspecified atom stereocenters. The number of amides is 2. The number of benzene rings is 2. The summed E-state index contributed by atoms with van der Waals surface area (Å²) in [4.78, 5) is 50.5. The zero-order valence-electron chi connectivity index (χ0n) is 20.7. The van der Waals surface area contributed by atoms with Gasteiger partial charge in [0.15, 0.2) is 11.4 Å². The zero-order chi connectivity index (χ0) is 28.4. The van der Waals surface area contributed by atoms with Gasteiger partial charge in [0.25, 0.3) is 11.8 Å². The fourth-order valence-corrected chi connectivity index (χ4v) is 6.05. The van der Waals surface area contributed by atoms with E-state index in [1.807, 2.05) is 0 Å². The van der Waals surface area contributed by atoms with Crippen molar-refractivity contribution < 1.29 is 44.7 Å². The van der Waals surface area contributed by atoms with Gasteiger partial charge in [0.05, 0.1) is 11.7 Å². The zero-order valence-corrected chi connectivity index (χ0v) is 20.7. The fourth-order valence-electron chi connectivity index (χ4n) is 6.05. The van der Waals surface area contributed by atoms with Crippen LogP contribution in [0.25, 0.3) is 5.76 Å². The van der Waals surface area contributed by atoms with Crippen LogP contribution in [0, 0.1) is 11.8 Å². The van der Waals surface area contributed by atoms with Gasteiger partial charge in [-0.1, -0.05) is 37.3 Å². The molecule has 0 radical (unpaired) electrons. The number of phenols is 1. The van der Waals surface area contributed by atoms with E-state index in [9.17, 15) is 44.7 Å². The summed E-state index contributed by atoms with van der Waals surface area (Å²) in [6.07, 6.45) is -2.23. The number of aromatic hydroxyl groups is 1. The van der Waals surface area contributed by atoms with E-state index in [4.69, 9.17) is 5.73 Å². The minimum Gasteiger partial charge on any atom is -0.508 e. The molecular weight excluding hydrogens is 508 g/mol. The average Bonchev–Trinajstić information content (AvgIpc) is 2.90. The Labute approximate surface area is 221 Å². The Hall–Kier alpha value is -4.48. The molecule has 0 aromatic heterocycles. The van der Waals surface area contributed by atoms with Crippen LogP contribution < -0.4 is 11.1 Å². The smallest absolute Gasteiger partial charge is 0.255 e. The number of hydrogen-bond acceptors (Lipinski definition) is 9. The number of aliphatic hydroxyl groups excluding tert-OH is 3. The lowest BCUT2D eigenvalue weighted by atomic mass is 9.55. The number of phenolic OH excluding ortho intramolecular Hbond substituents is 1. The molecule has 0 bridgehead atoms. The second-order valence-corrected chi connectivity index (χ2v) is 10.1. The van der Waals surface area contributed by atoms with Crippen LogP contribution in [0.5, 0.6) is 5.75 Å². The van der Waals surface area contributed by atoms with Gasteiger partial charge < -0.3 is 36.6 Å². The largest absolute Gasteiger partial charge is 0.508 e. The first-order valence-electron chi connectivity index (χ1n) is 12.2. The summed E-state index contributed by atoms with van der Waals surface area (Å²) in [5, 5.41) is 58.4. The van der Waals surface area contributed by atoms with Gasteiger partial charge in [-0.05, 0) is 23.6 Å². The van der Waals surface area contributed by atoms with Crippen LogP contribution in [0.4, 0.5) is 0 Å². The Morgan fingerprint density at radius 1 is 1.08 bits per heavy atom. The predicted molar refractivity (Wildman–Crippen MR) is 135 cm³/mol. The van der Waals surface area contributed by atoms with Gasteiger partial charge in [-0.25, -0.2) is 0 Å². The topological polar surface area (TPSA) is 207 Å². The normalized spacial score (nSPS) is 28.0. The van der Waals surface area contributed by atoms with E-state index in [1.165, 1.54) is 0 Å². The minimum atomic E-state index is -2.90. The van der Waals surface area contributed by atoms with E-state index >= 15 is 0 Å². The molecule has 2 amide bonds. The van der Waals surface area contributed by atoms with Gasteiger partial charge in [-0.3, -0.25) is 19.2 Å². The van der Waals surface area contributed by atoms with Gasteiger partial charge in [0.2, 0.25) is 5.78 Å². The van der Waals surface area contributed by atoms with Gasteiger partial charge in [-0.15, -0.1) is 0 Å². The maximum Gasteiger partial charge on any atom is 0.255 e. The highest BCUT2D eigenvalue weighted by atomic mass is 16.4. The van der Waals surface area contributed by atoms with Crippen LogP contribution in [0.2, 0.25) is 0 Å². The fraction of sp³-hybridized carbons (Fsp3) is 0.286. The maximum atomic E-state index is 13.7. The quantitative estimate of drug-likeness (QED) is 0.277. The summed E-state index contributed by atoms with van der Waals surface area (Å²) in [6.45, 7) is 1.52. The molecule has 2 aromatic carbocycles. The lowest BCUT2D eigenvalue weighted by Gasteiger charge is -2.50. The lowest BCUT2D eigenvalue weighted by Crippen LogP contribution is -2.63. The molecular formula is C28H26N2O9. The maximum absolute atomic E-state index is 13.7. The summed E-state index contributed by atoms with van der Waals surface area (Å²) in [7, 11) is 0. The molecule has 3 aliphatic rings. The Morgan fingerprint density at radius 2 is 1.74 bits per heavy atom. The van der Waals surface area contributed by atoms with E-state index in [0.29, 0.717) is 11.1 Å². The van der Waals surface area contributed by atoms with Gasteiger partial charge in [-0.2, -0.15) is 0 Å². The van der Waals surface area contributed by atoms with Crippen molar-refractivity contribution in [3.8, 4) is 5.75 Å². The molecule has 5 atom stereocenters. The molecule has 0 saturated heterocycles. The van der Waals surface area contributed by atoms with Crippen molar-refractivity contribution in [2.24, 2.45) is 17.6 Å². The minimum absolute atomic E-state index is 0.122. The van der Waals surface area contributed by atoms with Gasteiger partial charge >= 0.3 is 0 Å². The Kier molecular flexibility index (Phi) is 6.08. The van der Waals surface area contributed by atoms with Crippen molar-refractivity contribution in [3.05, 3.63) is 81.6 Å². The molecule has 1 fully saturated rings. The highest BCUT2D eigenvalue weighted by Gasteiger charge is 2.64. The van der Waals surface area contributed by atoms with Crippen LogP contribution in [0.1, 0.15) is 46.3 Å². The van der Waals surface area contributed by atoms with Crippen molar-refractivity contribution in [1.82, 2.24) is 5.32 Å². The van der Waals surface area contributed by atoms with Crippen molar-refractivity contribution in [1.29, 1.82) is 0 Å². The van der Waals surface area contributed by atoms with Crippen LogP contribution in [-0.2, 0) is 20.9 Å². The van der Waals surface area contributed by atoms with Crippen molar-refractivity contribution >= 4 is 29.1 Å². The standard InChI is InChI=1S/C28H26N2O9/c1-11-14-8-7-13(10-30-27(38)12-5-3-2-4-6-12)21(32)18(14)23(34)20-17(11)22(33)15-9-16(31)19(26(29)37)24(35)28(15,39)25(20)36/h2-8,11,15,17,22,32-35,39H,9-10H2,1H3,(H2,29,37)(H,30,38)/t11-,15+,17+,22+,28+/m0/s1. The summed E-state index contributed by atoms with van der Waals surface area (Å²) >= 11 is 0. The number of carbonyl (C=O) groups is 4. The van der Waals surface area contributed by atoms with Gasteiger partial charge in [0, 0.05) is 41.5 Å². The van der Waals surface area contributed by atoms with Crippen LogP contribution in [-0.4, -0.2) is 60.6 Å². The van der Waals surface area contributed by atoms with E-state index in [-0.39, 0.29) is 17.7 Å². The third-order valence-electron chi connectivity index (χ3n) is 8.06. The third-order valence-corrected chi connectivity index (χ3v) is 8.06. The molecule has 0 aliphatic heterocycles. The SMILES string of the molecule is C[C@H]1c2ccc(CNC(=O)c3ccccc3)c(O)c2C(O)=C2C(=O)[C@]3(O)C(O)=C(C(N)=O)C(=O)C[C@@H]3[C@@H](O)[C@@H]21. The number of rotatable bonds is 4. The molecule has 11 nitrogen and oxygen atoms in total. The lowest BCUT2D eigenvalue weighted by molar-refractivity contribution is -0.160. The number of hydrogen-bond donors (Lipinski definition) is 7. The van der Waals surface area contributed by atoms with Crippen LogP contribution >= 0.6 is 0 Å². The van der Waals surface area contributed by atoms with E-state index < -0.39 is 87.7 Å². The van der Waals surface area contributed by atoms with Crippen molar-refractivity contribution in [3.63, 3.8) is 0 Å². The monoisotopic (exact) mass is 534 g/mol. The highest BCUT2D eigenvalue weighted by Crippen LogP contribution is 2.55. The van der Waals surface area contributed by atoms with Crippen molar-refractivity contribution in [2.45, 2.75) is 37.5 Å². The second kappa shape index (κ2) is 9.07. The molecule has 0 spiro atoms. The van der Waals surface area contributed by atoms with E-state index in [0.717, 1.165) is 0 Å². The highest BCUT2D eigenvalue weighted by molar-refractivity contribution is 6.23. The number of carbonyl (C=O) groups excluding carboxylic acids is 4. The molecule has 1 saturated carbocycles. The molecule has 2 aromatic rings. The summed E-state index contributed by atoms with van der Waals surface area (Å²) in [5.74, 6) is -9.64. The summed E-state index contributed by atoms with van der Waals surface area (Å²) < 4.78 is 0. The Bertz CT molecular complexity index is 1510. The number of aliphatic hydroxyl groups is 4. The number of Topliss-reactive ketones (excluding diaryl/α,β-unsaturated/α-hetero) is 2. The number of ketones is 2.